The number of carbonyl (C=O) groups is 1. The van der Waals surface area contributed by atoms with Gasteiger partial charge in [0.15, 0.2) is 23.1 Å². The van der Waals surface area contributed by atoms with Gasteiger partial charge in [-0.2, -0.15) is 0 Å². The molecule has 0 spiro atoms. The summed E-state index contributed by atoms with van der Waals surface area (Å²) in [4.78, 5) is 10.4. The van der Waals surface area contributed by atoms with Crippen LogP contribution >= 0.6 is 0 Å². The van der Waals surface area contributed by atoms with Crippen LogP contribution in [0, 0.1) is 17.0 Å². The van der Waals surface area contributed by atoms with Crippen LogP contribution in [0.5, 0.6) is 5.75 Å². The Hall–Kier alpha value is -2.24. The van der Waals surface area contributed by atoms with Gasteiger partial charge < -0.3 is 15.5 Å². The van der Waals surface area contributed by atoms with Crippen molar-refractivity contribution >= 4 is 12.5 Å². The van der Waals surface area contributed by atoms with Crippen molar-refractivity contribution in [1.29, 1.82) is 5.41 Å². The number of carbonyl (C=O) groups excluding carboxylic acids is 1. The zero-order valence-electron chi connectivity index (χ0n) is 8.96. The number of allylic oxidation sites excluding steroid dienone is 1. The van der Waals surface area contributed by atoms with Gasteiger partial charge in [0.05, 0.1) is 6.21 Å². The molecule has 6 heteroatoms. The second-order valence-corrected chi connectivity index (χ2v) is 3.01. The Morgan fingerprint density at radius 3 is 2.41 bits per heavy atom. The highest BCUT2D eigenvalue weighted by Gasteiger charge is 2.13. The van der Waals surface area contributed by atoms with Crippen molar-refractivity contribution in [2.75, 3.05) is 7.05 Å². The molecule has 0 amide bonds. The van der Waals surface area contributed by atoms with Gasteiger partial charge in [-0.25, -0.2) is 8.78 Å². The van der Waals surface area contributed by atoms with Crippen molar-refractivity contribution in [3.05, 3.63) is 41.3 Å². The molecule has 4 nitrogen and oxygen atoms in total. The molecule has 0 fully saturated rings. The molecule has 0 aliphatic rings. The van der Waals surface area contributed by atoms with Gasteiger partial charge in [0.25, 0.3) is 0 Å². The summed E-state index contributed by atoms with van der Waals surface area (Å²) in [5.41, 5.74) is -0.124. The maximum atomic E-state index is 13.4. The van der Waals surface area contributed by atoms with E-state index in [9.17, 15) is 13.6 Å². The maximum Gasteiger partial charge on any atom is 0.198 e. The lowest BCUT2D eigenvalue weighted by Crippen LogP contribution is -2.06. The van der Waals surface area contributed by atoms with Crippen LogP contribution in [0.4, 0.5) is 8.78 Å². The third kappa shape index (κ3) is 3.10. The van der Waals surface area contributed by atoms with Crippen LogP contribution in [0.1, 0.15) is 10.4 Å². The lowest BCUT2D eigenvalue weighted by Gasteiger charge is -2.08. The number of benzene rings is 1. The minimum absolute atomic E-state index is 0.0656. The van der Waals surface area contributed by atoms with Gasteiger partial charge >= 0.3 is 0 Å². The summed E-state index contributed by atoms with van der Waals surface area (Å²) < 4.78 is 31.6. The van der Waals surface area contributed by atoms with Crippen molar-refractivity contribution < 1.29 is 18.3 Å². The van der Waals surface area contributed by atoms with Gasteiger partial charge in [-0.15, -0.1) is 0 Å². The zero-order valence-corrected chi connectivity index (χ0v) is 8.96. The van der Waals surface area contributed by atoms with Gasteiger partial charge in [0, 0.05) is 18.8 Å². The first kappa shape index (κ1) is 12.8. The van der Waals surface area contributed by atoms with Gasteiger partial charge in [0.2, 0.25) is 0 Å². The van der Waals surface area contributed by atoms with E-state index in [1.807, 2.05) is 0 Å². The molecule has 1 aromatic carbocycles. The van der Waals surface area contributed by atoms with Gasteiger partial charge in [-0.3, -0.25) is 4.79 Å². The highest BCUT2D eigenvalue weighted by molar-refractivity contribution is 5.76. The summed E-state index contributed by atoms with van der Waals surface area (Å²) >= 11 is 0. The van der Waals surface area contributed by atoms with Crippen molar-refractivity contribution in [2.45, 2.75) is 0 Å². The second kappa shape index (κ2) is 5.74. The molecule has 0 radical (unpaired) electrons. The van der Waals surface area contributed by atoms with E-state index in [0.29, 0.717) is 6.29 Å². The van der Waals surface area contributed by atoms with Crippen molar-refractivity contribution in [2.24, 2.45) is 0 Å². The largest absolute Gasteiger partial charge is 0.448 e. The number of halogens is 2. The average Bonchev–Trinajstić information content (AvgIpc) is 2.31. The second-order valence-electron chi connectivity index (χ2n) is 3.01. The summed E-state index contributed by atoms with van der Waals surface area (Å²) in [5, 5.41) is 9.53. The minimum Gasteiger partial charge on any atom is -0.448 e. The van der Waals surface area contributed by atoms with E-state index in [-0.39, 0.29) is 11.3 Å². The summed E-state index contributed by atoms with van der Waals surface area (Å²) in [7, 11) is 1.55. The van der Waals surface area contributed by atoms with E-state index in [2.05, 4.69) is 5.32 Å². The predicted octanol–water partition coefficient (Wildman–Crippen LogP) is 1.87. The first-order valence-electron chi connectivity index (χ1n) is 4.62. The Labute approximate surface area is 96.4 Å². The molecule has 0 atom stereocenters. The number of nitrogens with one attached hydrogen (secondary N) is 2. The normalized spacial score (nSPS) is 10.9. The monoisotopic (exact) mass is 240 g/mol. The van der Waals surface area contributed by atoms with E-state index < -0.39 is 17.4 Å². The standard InChI is InChI=1S/C11H10F2N2O2/c1-15-5-8(4-14)17-11-9(12)2-7(6-16)3-10(11)13/h2-6,14-15H,1H3/b8-5+,14-4?. The molecule has 90 valence electrons. The fraction of sp³-hybridized carbons (Fsp3) is 0.0909. The predicted molar refractivity (Wildman–Crippen MR) is 58.3 cm³/mol. The van der Waals surface area contributed by atoms with Crippen molar-refractivity contribution in [1.82, 2.24) is 5.32 Å². The molecular weight excluding hydrogens is 230 g/mol. The first-order valence-corrected chi connectivity index (χ1v) is 4.62. The lowest BCUT2D eigenvalue weighted by molar-refractivity contribution is 0.112. The fourth-order valence-electron chi connectivity index (χ4n) is 1.11. The number of rotatable bonds is 5. The molecule has 0 unspecified atom stereocenters. The third-order valence-corrected chi connectivity index (χ3v) is 1.81. The third-order valence-electron chi connectivity index (χ3n) is 1.81. The number of aldehydes is 1. The van der Waals surface area contributed by atoms with Crippen LogP contribution < -0.4 is 10.1 Å². The number of hydrogen-bond acceptors (Lipinski definition) is 4. The molecule has 0 heterocycles. The summed E-state index contributed by atoms with van der Waals surface area (Å²) in [6.07, 6.45) is 2.39. The molecule has 0 aliphatic carbocycles. The molecule has 1 aromatic rings. The smallest absolute Gasteiger partial charge is 0.198 e. The van der Waals surface area contributed by atoms with E-state index in [4.69, 9.17) is 10.1 Å². The SMILES string of the molecule is CN/C=C(\C=N)Oc1c(F)cc(C=O)cc1F. The number of ether oxygens (including phenoxy) is 1. The Kier molecular flexibility index (Phi) is 4.33. The van der Waals surface area contributed by atoms with Crippen LogP contribution in [0.25, 0.3) is 0 Å². The van der Waals surface area contributed by atoms with Gasteiger partial charge in [-0.05, 0) is 12.1 Å². The zero-order chi connectivity index (χ0) is 12.8. The topological polar surface area (TPSA) is 62.2 Å². The van der Waals surface area contributed by atoms with E-state index >= 15 is 0 Å². The van der Waals surface area contributed by atoms with Crippen LogP contribution in [0.15, 0.2) is 24.1 Å². The molecule has 0 saturated carbocycles. The Morgan fingerprint density at radius 1 is 1.41 bits per heavy atom. The first-order chi connectivity index (χ1) is 8.12. The van der Waals surface area contributed by atoms with E-state index in [0.717, 1.165) is 18.3 Å². The summed E-state index contributed by atoms with van der Waals surface area (Å²) in [5.74, 6) is -2.73. The average molecular weight is 240 g/mol. The number of hydrogen-bond donors (Lipinski definition) is 2. The molecule has 0 aromatic heterocycles. The Balaban J connectivity index is 3.10. The quantitative estimate of drug-likeness (QED) is 0.469. The molecule has 17 heavy (non-hydrogen) atoms. The van der Waals surface area contributed by atoms with Gasteiger partial charge in [-0.1, -0.05) is 0 Å². The highest BCUT2D eigenvalue weighted by atomic mass is 19.1. The Bertz CT molecular complexity index is 450. The van der Waals surface area contributed by atoms with Crippen LogP contribution in [-0.2, 0) is 0 Å². The summed E-state index contributed by atoms with van der Waals surface area (Å²) in [6.45, 7) is 0. The van der Waals surface area contributed by atoms with Crippen molar-refractivity contribution in [3.63, 3.8) is 0 Å². The fourth-order valence-corrected chi connectivity index (χ4v) is 1.11. The van der Waals surface area contributed by atoms with Crippen LogP contribution in [0.2, 0.25) is 0 Å². The van der Waals surface area contributed by atoms with E-state index in [1.165, 1.54) is 6.20 Å². The van der Waals surface area contributed by atoms with Gasteiger partial charge in [0.1, 0.15) is 6.29 Å². The molecule has 0 saturated heterocycles. The van der Waals surface area contributed by atoms with Crippen LogP contribution in [0.3, 0.4) is 0 Å². The van der Waals surface area contributed by atoms with Crippen molar-refractivity contribution in [3.8, 4) is 5.75 Å². The molecule has 0 bridgehead atoms. The van der Waals surface area contributed by atoms with Crippen LogP contribution in [-0.4, -0.2) is 19.5 Å². The molecule has 2 N–H and O–H groups in total. The molecular formula is C11H10F2N2O2. The molecule has 0 aliphatic heterocycles. The Morgan fingerprint density at radius 2 is 2.00 bits per heavy atom. The maximum absolute atomic E-state index is 13.4. The van der Waals surface area contributed by atoms with E-state index in [1.54, 1.807) is 7.05 Å². The minimum atomic E-state index is -1.00. The summed E-state index contributed by atoms with van der Waals surface area (Å²) in [6, 6.07) is 1.71. The lowest BCUT2D eigenvalue weighted by atomic mass is 10.2. The molecule has 1 rings (SSSR count). The highest BCUT2D eigenvalue weighted by Crippen LogP contribution is 2.24.